The number of hydrogen-bond acceptors (Lipinski definition) is 3. The molecule has 0 heterocycles. The maximum absolute atomic E-state index is 12.2. The van der Waals surface area contributed by atoms with E-state index in [2.05, 4.69) is 19.2 Å². The molecular formula is C15H26N2O2S. The van der Waals surface area contributed by atoms with Crippen molar-refractivity contribution in [3.05, 3.63) is 29.8 Å². The summed E-state index contributed by atoms with van der Waals surface area (Å²) in [6.45, 7) is 6.99. The van der Waals surface area contributed by atoms with Gasteiger partial charge in [0.2, 0.25) is 10.0 Å². The van der Waals surface area contributed by atoms with Crippen LogP contribution in [0, 0.1) is 6.92 Å². The Morgan fingerprint density at radius 1 is 1.25 bits per heavy atom. The molecule has 1 aromatic rings. The van der Waals surface area contributed by atoms with Crippen molar-refractivity contribution < 1.29 is 8.42 Å². The lowest BCUT2D eigenvalue weighted by Gasteiger charge is -2.20. The zero-order valence-corrected chi connectivity index (χ0v) is 13.7. The van der Waals surface area contributed by atoms with E-state index in [9.17, 15) is 8.42 Å². The zero-order valence-electron chi connectivity index (χ0n) is 12.9. The van der Waals surface area contributed by atoms with Gasteiger partial charge in [0.05, 0.1) is 11.4 Å². The number of anilines is 1. The molecule has 1 rings (SSSR count). The van der Waals surface area contributed by atoms with Crippen LogP contribution in [0.3, 0.4) is 0 Å². The normalized spacial score (nSPS) is 11.8. The molecule has 0 unspecified atom stereocenters. The molecule has 0 aromatic heterocycles. The van der Waals surface area contributed by atoms with Crippen molar-refractivity contribution in [1.82, 2.24) is 5.32 Å². The van der Waals surface area contributed by atoms with Gasteiger partial charge in [-0.3, -0.25) is 4.31 Å². The van der Waals surface area contributed by atoms with Crippen LogP contribution in [0.25, 0.3) is 0 Å². The molecule has 1 N–H and O–H groups in total. The van der Waals surface area contributed by atoms with Crippen LogP contribution in [0.15, 0.2) is 24.3 Å². The van der Waals surface area contributed by atoms with E-state index in [1.807, 2.05) is 31.2 Å². The van der Waals surface area contributed by atoms with Gasteiger partial charge in [-0.2, -0.15) is 0 Å². The van der Waals surface area contributed by atoms with Crippen LogP contribution in [-0.2, 0) is 10.0 Å². The number of unbranched alkanes of at least 4 members (excludes halogenated alkanes) is 1. The first-order chi connectivity index (χ1) is 9.33. The molecule has 0 atom stereocenters. The monoisotopic (exact) mass is 298 g/mol. The Hall–Kier alpha value is -1.07. The minimum absolute atomic E-state index is 0.192. The second-order valence-electron chi connectivity index (χ2n) is 5.44. The SMILES string of the molecule is Cc1cccc(N(C)S(=O)(=O)CCCCNC(C)C)c1. The Labute approximate surface area is 123 Å². The molecule has 0 bridgehead atoms. The van der Waals surface area contributed by atoms with Crippen LogP contribution in [0.2, 0.25) is 0 Å². The second-order valence-corrected chi connectivity index (χ2v) is 7.56. The summed E-state index contributed by atoms with van der Waals surface area (Å²) in [7, 11) is -1.60. The number of nitrogens with one attached hydrogen (secondary N) is 1. The van der Waals surface area contributed by atoms with Crippen molar-refractivity contribution >= 4 is 15.7 Å². The molecule has 114 valence electrons. The predicted molar refractivity (Wildman–Crippen MR) is 85.7 cm³/mol. The van der Waals surface area contributed by atoms with E-state index in [0.29, 0.717) is 12.5 Å². The molecule has 0 fully saturated rings. The average Bonchev–Trinajstić information content (AvgIpc) is 2.37. The van der Waals surface area contributed by atoms with Crippen molar-refractivity contribution in [2.45, 2.75) is 39.7 Å². The van der Waals surface area contributed by atoms with Crippen molar-refractivity contribution in [1.29, 1.82) is 0 Å². The van der Waals surface area contributed by atoms with Gasteiger partial charge < -0.3 is 5.32 Å². The van der Waals surface area contributed by atoms with E-state index in [1.165, 1.54) is 4.31 Å². The van der Waals surface area contributed by atoms with Crippen molar-refractivity contribution in [2.75, 3.05) is 23.7 Å². The summed E-state index contributed by atoms with van der Waals surface area (Å²) in [5.41, 5.74) is 1.79. The number of nitrogens with zero attached hydrogens (tertiary/aromatic N) is 1. The van der Waals surface area contributed by atoms with Crippen molar-refractivity contribution in [3.63, 3.8) is 0 Å². The maximum atomic E-state index is 12.2. The molecule has 0 aliphatic rings. The summed E-state index contributed by atoms with van der Waals surface area (Å²) in [5.74, 6) is 0.192. The van der Waals surface area contributed by atoms with Gasteiger partial charge in [-0.1, -0.05) is 26.0 Å². The first kappa shape index (κ1) is 17.0. The van der Waals surface area contributed by atoms with E-state index in [4.69, 9.17) is 0 Å². The first-order valence-corrected chi connectivity index (χ1v) is 8.70. The van der Waals surface area contributed by atoms with Gasteiger partial charge >= 0.3 is 0 Å². The molecule has 0 aliphatic carbocycles. The molecule has 5 heteroatoms. The Morgan fingerprint density at radius 2 is 1.95 bits per heavy atom. The van der Waals surface area contributed by atoms with Crippen LogP contribution in [0.4, 0.5) is 5.69 Å². The molecule has 0 spiro atoms. The summed E-state index contributed by atoms with van der Waals surface area (Å²) in [6.07, 6.45) is 1.55. The number of rotatable bonds is 8. The Bertz CT molecular complexity index is 512. The Kier molecular flexibility index (Phi) is 6.49. The molecule has 0 aliphatic heterocycles. The summed E-state index contributed by atoms with van der Waals surface area (Å²) >= 11 is 0. The fraction of sp³-hybridized carbons (Fsp3) is 0.600. The summed E-state index contributed by atoms with van der Waals surface area (Å²) < 4.78 is 25.9. The van der Waals surface area contributed by atoms with Gasteiger partial charge in [0.25, 0.3) is 0 Å². The third kappa shape index (κ3) is 5.51. The number of benzene rings is 1. The quantitative estimate of drug-likeness (QED) is 0.750. The van der Waals surface area contributed by atoms with Crippen LogP contribution in [-0.4, -0.2) is 33.8 Å². The lowest BCUT2D eigenvalue weighted by molar-refractivity contribution is 0.559. The van der Waals surface area contributed by atoms with Gasteiger partial charge in [0.1, 0.15) is 0 Å². The maximum Gasteiger partial charge on any atom is 0.234 e. The van der Waals surface area contributed by atoms with E-state index >= 15 is 0 Å². The minimum Gasteiger partial charge on any atom is -0.315 e. The summed E-state index contributed by atoms with van der Waals surface area (Å²) in [4.78, 5) is 0. The van der Waals surface area contributed by atoms with Gasteiger partial charge in [-0.05, 0) is 44.0 Å². The number of hydrogen-bond donors (Lipinski definition) is 1. The van der Waals surface area contributed by atoms with Gasteiger partial charge in [0, 0.05) is 13.1 Å². The van der Waals surface area contributed by atoms with Crippen molar-refractivity contribution in [2.24, 2.45) is 0 Å². The predicted octanol–water partition coefficient (Wildman–Crippen LogP) is 2.54. The van der Waals surface area contributed by atoms with Crippen LogP contribution in [0.1, 0.15) is 32.3 Å². The first-order valence-electron chi connectivity index (χ1n) is 7.09. The van der Waals surface area contributed by atoms with Crippen LogP contribution >= 0.6 is 0 Å². The van der Waals surface area contributed by atoms with E-state index < -0.39 is 10.0 Å². The lowest BCUT2D eigenvalue weighted by Crippen LogP contribution is -2.30. The molecule has 4 nitrogen and oxygen atoms in total. The fourth-order valence-corrected chi connectivity index (χ4v) is 3.20. The third-order valence-corrected chi connectivity index (χ3v) is 5.01. The largest absolute Gasteiger partial charge is 0.315 e. The summed E-state index contributed by atoms with van der Waals surface area (Å²) in [5, 5.41) is 3.29. The number of sulfonamides is 1. The third-order valence-electron chi connectivity index (χ3n) is 3.16. The van der Waals surface area contributed by atoms with E-state index in [-0.39, 0.29) is 5.75 Å². The molecule has 20 heavy (non-hydrogen) atoms. The van der Waals surface area contributed by atoms with Crippen LogP contribution < -0.4 is 9.62 Å². The lowest BCUT2D eigenvalue weighted by atomic mass is 10.2. The highest BCUT2D eigenvalue weighted by molar-refractivity contribution is 7.92. The second kappa shape index (κ2) is 7.64. The molecule has 0 radical (unpaired) electrons. The topological polar surface area (TPSA) is 49.4 Å². The smallest absolute Gasteiger partial charge is 0.234 e. The molecule has 1 aromatic carbocycles. The fourth-order valence-electron chi connectivity index (χ4n) is 1.92. The van der Waals surface area contributed by atoms with Gasteiger partial charge in [0.15, 0.2) is 0 Å². The minimum atomic E-state index is -3.23. The highest BCUT2D eigenvalue weighted by atomic mass is 32.2. The highest BCUT2D eigenvalue weighted by Gasteiger charge is 2.17. The van der Waals surface area contributed by atoms with Gasteiger partial charge in [-0.25, -0.2) is 8.42 Å². The molecule has 0 saturated heterocycles. The Balaban J connectivity index is 2.51. The Morgan fingerprint density at radius 3 is 2.55 bits per heavy atom. The van der Waals surface area contributed by atoms with Crippen LogP contribution in [0.5, 0.6) is 0 Å². The zero-order chi connectivity index (χ0) is 15.2. The van der Waals surface area contributed by atoms with Gasteiger partial charge in [-0.15, -0.1) is 0 Å². The molecular weight excluding hydrogens is 272 g/mol. The van der Waals surface area contributed by atoms with E-state index in [0.717, 1.165) is 24.2 Å². The standard InChI is InChI=1S/C15H26N2O2S/c1-13(2)16-10-5-6-11-20(18,19)17(4)15-9-7-8-14(3)12-15/h7-9,12-13,16H,5-6,10-11H2,1-4H3. The van der Waals surface area contributed by atoms with Crippen molar-refractivity contribution in [3.8, 4) is 0 Å². The van der Waals surface area contributed by atoms with E-state index in [1.54, 1.807) is 7.05 Å². The summed E-state index contributed by atoms with van der Waals surface area (Å²) in [6, 6.07) is 8.00. The highest BCUT2D eigenvalue weighted by Crippen LogP contribution is 2.18. The number of aryl methyl sites for hydroxylation is 1. The molecule has 0 amide bonds. The average molecular weight is 298 g/mol. The molecule has 0 saturated carbocycles.